The van der Waals surface area contributed by atoms with Crippen LogP contribution in [-0.4, -0.2) is 25.3 Å². The van der Waals surface area contributed by atoms with Gasteiger partial charge in [-0.3, -0.25) is 4.79 Å². The molecule has 5 nitrogen and oxygen atoms in total. The largest absolute Gasteiger partial charge is 0.497 e. The Balaban J connectivity index is 1.65. The Kier molecular flexibility index (Phi) is 7.88. The molecule has 2 atom stereocenters. The van der Waals surface area contributed by atoms with E-state index in [1.54, 1.807) is 26.4 Å². The van der Waals surface area contributed by atoms with E-state index in [-0.39, 0.29) is 29.7 Å². The van der Waals surface area contributed by atoms with Gasteiger partial charge < -0.3 is 19.3 Å². The van der Waals surface area contributed by atoms with Gasteiger partial charge in [-0.15, -0.1) is 0 Å². The number of hydrogen-bond donors (Lipinski definition) is 1. The number of methoxy groups -OCH3 is 2. The van der Waals surface area contributed by atoms with Crippen LogP contribution in [0.5, 0.6) is 11.5 Å². The minimum absolute atomic E-state index is 0.0222. The highest BCUT2D eigenvalue weighted by Gasteiger charge is 2.30. The van der Waals surface area contributed by atoms with E-state index in [9.17, 15) is 14.3 Å². The first kappa shape index (κ1) is 26.7. The van der Waals surface area contributed by atoms with Crippen molar-refractivity contribution in [2.45, 2.75) is 58.7 Å². The average molecular weight is 507 g/mol. The zero-order valence-corrected chi connectivity index (χ0v) is 22.1. The summed E-state index contributed by atoms with van der Waals surface area (Å²) in [7, 11) is 3.23. The van der Waals surface area contributed by atoms with Crippen molar-refractivity contribution < 1.29 is 28.5 Å². The molecule has 0 fully saturated rings. The molecule has 0 aromatic heterocycles. The summed E-state index contributed by atoms with van der Waals surface area (Å²) in [5.74, 6) is 0.200. The molecular weight excluding hydrogens is 471 g/mol. The Hall–Kier alpha value is -3.38. The van der Waals surface area contributed by atoms with Crippen LogP contribution < -0.4 is 9.47 Å². The molecule has 37 heavy (non-hydrogen) atoms. The number of aliphatic carboxylic acids is 1. The molecule has 0 saturated heterocycles. The fourth-order valence-electron chi connectivity index (χ4n) is 5.29. The maximum Gasteiger partial charge on any atom is 0.303 e. The highest BCUT2D eigenvalue weighted by Crippen LogP contribution is 2.42. The van der Waals surface area contributed by atoms with Gasteiger partial charge in [-0.1, -0.05) is 39.0 Å². The number of carboxylic acids is 1. The summed E-state index contributed by atoms with van der Waals surface area (Å²) in [4.78, 5) is 11.3. The number of aryl methyl sites for hydroxylation is 1. The normalized spacial score (nSPS) is 15.8. The fourth-order valence-corrected chi connectivity index (χ4v) is 5.29. The molecule has 0 amide bonds. The first-order valence-corrected chi connectivity index (χ1v) is 12.6. The Bertz CT molecular complexity index is 1280. The van der Waals surface area contributed by atoms with Crippen LogP contribution in [-0.2, 0) is 22.6 Å². The van der Waals surface area contributed by atoms with Gasteiger partial charge in [-0.25, -0.2) is 4.39 Å². The highest BCUT2D eigenvalue weighted by molar-refractivity contribution is 5.71. The van der Waals surface area contributed by atoms with Gasteiger partial charge in [0.05, 0.1) is 19.6 Å². The zero-order valence-electron chi connectivity index (χ0n) is 22.1. The predicted molar refractivity (Wildman–Crippen MR) is 142 cm³/mol. The van der Waals surface area contributed by atoms with E-state index in [0.29, 0.717) is 23.7 Å². The summed E-state index contributed by atoms with van der Waals surface area (Å²) in [5.41, 5.74) is 5.02. The van der Waals surface area contributed by atoms with E-state index in [1.807, 2.05) is 36.4 Å². The molecule has 0 radical (unpaired) electrons. The van der Waals surface area contributed by atoms with Crippen molar-refractivity contribution in [2.75, 3.05) is 14.2 Å². The molecule has 0 spiro atoms. The van der Waals surface area contributed by atoms with Crippen molar-refractivity contribution in [1.82, 2.24) is 0 Å². The molecule has 0 aliphatic heterocycles. The summed E-state index contributed by atoms with van der Waals surface area (Å²) in [5, 5.41) is 9.25. The monoisotopic (exact) mass is 506 g/mol. The lowest BCUT2D eigenvalue weighted by molar-refractivity contribution is -0.137. The molecule has 3 aromatic rings. The second-order valence-electron chi connectivity index (χ2n) is 10.7. The number of halogens is 1. The predicted octanol–water partition coefficient (Wildman–Crippen LogP) is 7.32. The highest BCUT2D eigenvalue weighted by atomic mass is 19.1. The van der Waals surface area contributed by atoms with Gasteiger partial charge in [0, 0.05) is 12.7 Å². The van der Waals surface area contributed by atoms with Gasteiger partial charge >= 0.3 is 5.97 Å². The van der Waals surface area contributed by atoms with E-state index in [1.165, 1.54) is 11.6 Å². The van der Waals surface area contributed by atoms with Crippen molar-refractivity contribution in [3.05, 3.63) is 82.7 Å². The number of benzene rings is 3. The molecule has 0 bridgehead atoms. The first-order chi connectivity index (χ1) is 17.6. The standard InChI is InChI=1S/C31H35FO5/c1-31(2,3)30(36-5)27-14-19(6-12-24(27)26-16-22(35-4)11-13-28(26)32)18-37-23-10-9-20-7-8-21(15-29(33)34)25(20)17-23/h6,9-14,16-17,21,30H,7-8,15,18H2,1-5H3,(H,33,34)/t21-,30+/m0/s1. The van der Waals surface area contributed by atoms with Crippen molar-refractivity contribution in [2.24, 2.45) is 5.41 Å². The quantitative estimate of drug-likeness (QED) is 0.329. The average Bonchev–Trinajstić information content (AvgIpc) is 3.24. The van der Waals surface area contributed by atoms with Crippen LogP contribution in [0.15, 0.2) is 54.6 Å². The van der Waals surface area contributed by atoms with Gasteiger partial charge in [-0.2, -0.15) is 0 Å². The molecule has 0 saturated carbocycles. The summed E-state index contributed by atoms with van der Waals surface area (Å²) >= 11 is 0. The summed E-state index contributed by atoms with van der Waals surface area (Å²) < 4.78 is 32.4. The molecule has 196 valence electrons. The number of ether oxygens (including phenoxy) is 3. The maximum atomic E-state index is 15.0. The third kappa shape index (κ3) is 5.96. The van der Waals surface area contributed by atoms with Gasteiger partial charge in [-0.05, 0) is 88.4 Å². The maximum absolute atomic E-state index is 15.0. The Morgan fingerprint density at radius 1 is 1.03 bits per heavy atom. The van der Waals surface area contributed by atoms with Crippen LogP contribution in [0.25, 0.3) is 11.1 Å². The van der Waals surface area contributed by atoms with Crippen LogP contribution >= 0.6 is 0 Å². The van der Waals surface area contributed by atoms with E-state index >= 15 is 0 Å². The topological polar surface area (TPSA) is 65.0 Å². The Morgan fingerprint density at radius 2 is 1.78 bits per heavy atom. The SMILES string of the molecule is COc1ccc(F)c(-c2ccc(COc3ccc4c(c3)[C@H](CC(=O)O)CC4)cc2[C@@H](OC)C(C)(C)C)c1. The molecule has 6 heteroatoms. The molecule has 3 aromatic carbocycles. The molecule has 4 rings (SSSR count). The third-order valence-electron chi connectivity index (χ3n) is 7.03. The lowest BCUT2D eigenvalue weighted by Crippen LogP contribution is -2.21. The summed E-state index contributed by atoms with van der Waals surface area (Å²) in [6, 6.07) is 16.6. The summed E-state index contributed by atoms with van der Waals surface area (Å²) in [6.07, 6.45) is 1.59. The lowest BCUT2D eigenvalue weighted by atomic mass is 9.81. The van der Waals surface area contributed by atoms with E-state index < -0.39 is 5.97 Å². The van der Waals surface area contributed by atoms with Crippen LogP contribution in [0.4, 0.5) is 4.39 Å². The first-order valence-electron chi connectivity index (χ1n) is 12.6. The van der Waals surface area contributed by atoms with Gasteiger partial charge in [0.25, 0.3) is 0 Å². The molecule has 1 aliphatic carbocycles. The minimum atomic E-state index is -0.782. The zero-order chi connectivity index (χ0) is 26.7. The molecule has 1 N–H and O–H groups in total. The van der Waals surface area contributed by atoms with Crippen molar-refractivity contribution in [1.29, 1.82) is 0 Å². The molecule has 1 aliphatic rings. The van der Waals surface area contributed by atoms with E-state index in [4.69, 9.17) is 14.2 Å². The van der Waals surface area contributed by atoms with Crippen LogP contribution in [0, 0.1) is 11.2 Å². The van der Waals surface area contributed by atoms with Crippen LogP contribution in [0.2, 0.25) is 0 Å². The van der Waals surface area contributed by atoms with Gasteiger partial charge in [0.15, 0.2) is 0 Å². The number of carbonyl (C=O) groups is 1. The van der Waals surface area contributed by atoms with Crippen LogP contribution in [0.1, 0.15) is 67.9 Å². The van der Waals surface area contributed by atoms with E-state index in [0.717, 1.165) is 35.1 Å². The molecular formula is C31H35FO5. The Labute approximate surface area is 218 Å². The number of carboxylic acid groups (broad SMARTS) is 1. The Morgan fingerprint density at radius 3 is 2.46 bits per heavy atom. The van der Waals surface area contributed by atoms with Gasteiger partial charge in [0.2, 0.25) is 0 Å². The molecule has 0 unspecified atom stereocenters. The summed E-state index contributed by atoms with van der Waals surface area (Å²) in [6.45, 7) is 6.59. The lowest BCUT2D eigenvalue weighted by Gasteiger charge is -2.32. The minimum Gasteiger partial charge on any atom is -0.497 e. The number of fused-ring (bicyclic) bond motifs is 1. The van der Waals surface area contributed by atoms with Crippen LogP contribution in [0.3, 0.4) is 0 Å². The van der Waals surface area contributed by atoms with Gasteiger partial charge in [0.1, 0.15) is 23.9 Å². The van der Waals surface area contributed by atoms with Crippen molar-refractivity contribution >= 4 is 5.97 Å². The van der Waals surface area contributed by atoms with E-state index in [2.05, 4.69) is 20.8 Å². The fraction of sp³-hybridized carbons (Fsp3) is 0.387. The second kappa shape index (κ2) is 10.9. The number of hydrogen-bond acceptors (Lipinski definition) is 4. The van der Waals surface area contributed by atoms with Crippen molar-refractivity contribution in [3.8, 4) is 22.6 Å². The molecule has 0 heterocycles. The second-order valence-corrected chi connectivity index (χ2v) is 10.7. The van der Waals surface area contributed by atoms with Crippen molar-refractivity contribution in [3.63, 3.8) is 0 Å². The smallest absolute Gasteiger partial charge is 0.303 e. The number of rotatable bonds is 9. The third-order valence-corrected chi connectivity index (χ3v) is 7.03.